The Kier molecular flexibility index (Phi) is 6.55. The fraction of sp³-hybridized carbons (Fsp3) is 0.423. The van der Waals surface area contributed by atoms with Crippen molar-refractivity contribution in [2.24, 2.45) is 0 Å². The van der Waals surface area contributed by atoms with Crippen molar-refractivity contribution in [1.82, 2.24) is 39.2 Å². The number of carbonyl (C=O) groups excluding carboxylic acids is 2. The van der Waals surface area contributed by atoms with E-state index in [0.29, 0.717) is 37.8 Å². The second-order valence-corrected chi connectivity index (χ2v) is 11.5. The highest BCUT2D eigenvalue weighted by Crippen LogP contribution is 2.40. The molecule has 17 heteroatoms. The van der Waals surface area contributed by atoms with Crippen LogP contribution in [0.5, 0.6) is 0 Å². The van der Waals surface area contributed by atoms with E-state index in [2.05, 4.69) is 35.4 Å². The number of piperazine rings is 1. The van der Waals surface area contributed by atoms with Gasteiger partial charge in [-0.15, -0.1) is 21.5 Å². The molecule has 2 saturated heterocycles. The zero-order chi connectivity index (χ0) is 29.9. The van der Waals surface area contributed by atoms with Gasteiger partial charge in [0.05, 0.1) is 35.6 Å². The molecule has 1 N–H and O–H groups in total. The summed E-state index contributed by atoms with van der Waals surface area (Å²) in [5, 5.41) is 11.8. The van der Waals surface area contributed by atoms with Crippen LogP contribution in [0.4, 0.5) is 29.5 Å². The van der Waals surface area contributed by atoms with E-state index in [9.17, 15) is 22.8 Å². The maximum atomic E-state index is 13.3. The molecule has 43 heavy (non-hydrogen) atoms. The van der Waals surface area contributed by atoms with Crippen LogP contribution in [-0.4, -0.2) is 89.6 Å². The largest absolute Gasteiger partial charge is 0.447 e. The molecule has 1 saturated carbocycles. The smallest absolute Gasteiger partial charge is 0.410 e. The number of hydrogen-bond acceptors (Lipinski definition) is 10. The number of nitrogens with zero attached hydrogens (tertiary/aromatic N) is 9. The highest BCUT2D eigenvalue weighted by atomic mass is 32.1. The Morgan fingerprint density at radius 1 is 1.19 bits per heavy atom. The minimum absolute atomic E-state index is 0.0545. The molecule has 2 amide bonds. The number of amides is 2. The zero-order valence-electron chi connectivity index (χ0n) is 22.7. The summed E-state index contributed by atoms with van der Waals surface area (Å²) in [4.78, 5) is 42.4. The van der Waals surface area contributed by atoms with Crippen LogP contribution in [0.1, 0.15) is 47.9 Å². The summed E-state index contributed by atoms with van der Waals surface area (Å²) in [6.07, 6.45) is 3.69. The van der Waals surface area contributed by atoms with Crippen molar-refractivity contribution in [1.29, 1.82) is 0 Å². The van der Waals surface area contributed by atoms with Gasteiger partial charge in [0.15, 0.2) is 10.8 Å². The van der Waals surface area contributed by atoms with Crippen LogP contribution in [-0.2, 0) is 4.74 Å². The molecule has 0 spiro atoms. The van der Waals surface area contributed by atoms with E-state index in [1.807, 2.05) is 10.8 Å². The lowest BCUT2D eigenvalue weighted by molar-refractivity contribution is -0.162. The van der Waals surface area contributed by atoms with Crippen molar-refractivity contribution < 1.29 is 27.5 Å². The Hall–Kier alpha value is -4.54. The monoisotopic (exact) mass is 614 g/mol. The summed E-state index contributed by atoms with van der Waals surface area (Å²) in [6.45, 7) is 2.94. The number of pyridine rings is 1. The topological polar surface area (TPSA) is 136 Å². The molecule has 2 aliphatic heterocycles. The summed E-state index contributed by atoms with van der Waals surface area (Å²) < 4.78 is 47.9. The molecular weight excluding hydrogens is 589 g/mol. The minimum atomic E-state index is -4.49. The Bertz CT molecular complexity index is 1700. The van der Waals surface area contributed by atoms with Gasteiger partial charge >= 0.3 is 12.3 Å². The first-order chi connectivity index (χ1) is 20.7. The number of hydrogen-bond donors (Lipinski definition) is 1. The molecule has 3 fully saturated rings. The number of halogens is 3. The first kappa shape index (κ1) is 27.3. The van der Waals surface area contributed by atoms with E-state index < -0.39 is 18.1 Å². The number of anilines is 2. The number of fused-ring (bicyclic) bond motifs is 1. The van der Waals surface area contributed by atoms with Gasteiger partial charge in [-0.3, -0.25) is 14.3 Å². The normalized spacial score (nSPS) is 19.3. The zero-order valence-corrected chi connectivity index (χ0v) is 23.5. The molecule has 4 aromatic rings. The average Bonchev–Trinajstić information content (AvgIpc) is 3.38. The summed E-state index contributed by atoms with van der Waals surface area (Å²) in [6, 6.07) is -0.264. The molecule has 13 nitrogen and oxygen atoms in total. The average molecular weight is 615 g/mol. The van der Waals surface area contributed by atoms with Crippen molar-refractivity contribution in [3.8, 4) is 16.5 Å². The van der Waals surface area contributed by atoms with Gasteiger partial charge in [0.25, 0.3) is 5.91 Å². The fourth-order valence-electron chi connectivity index (χ4n) is 5.23. The standard InChI is InChI=1S/C26H25F3N10O3S/c1-14(26(27,28)29)39-13-32-35-22(39)24-34-21(11-43-24)33-23(40)17-6-19(37-9-18(31-12-37)15-2-3-15)20(7-30-17)36-4-5-38-16(8-36)10-42-25(38)41/h6-7,9,11-16H,2-5,8,10H2,1H3,(H,33,40)/t14-,16?/m0/s1. The first-order valence-corrected chi connectivity index (χ1v) is 14.5. The van der Waals surface area contributed by atoms with E-state index in [4.69, 9.17) is 4.74 Å². The Labute approximate surface area is 246 Å². The van der Waals surface area contributed by atoms with Crippen LogP contribution < -0.4 is 10.2 Å². The number of nitrogens with one attached hydrogen (secondary N) is 1. The quantitative estimate of drug-likeness (QED) is 0.329. The van der Waals surface area contributed by atoms with E-state index in [0.717, 1.165) is 53.4 Å². The van der Waals surface area contributed by atoms with Crippen molar-refractivity contribution in [2.45, 2.75) is 43.9 Å². The van der Waals surface area contributed by atoms with Gasteiger partial charge in [0.1, 0.15) is 30.5 Å². The van der Waals surface area contributed by atoms with E-state index in [1.165, 1.54) is 5.38 Å². The maximum absolute atomic E-state index is 13.3. The Balaban J connectivity index is 1.15. The molecule has 7 rings (SSSR count). The molecular formula is C26H25F3N10O3S. The molecule has 3 aliphatic rings. The van der Waals surface area contributed by atoms with Crippen LogP contribution in [0.15, 0.2) is 36.5 Å². The van der Waals surface area contributed by atoms with E-state index >= 15 is 0 Å². The number of thiazole rings is 1. The van der Waals surface area contributed by atoms with Crippen molar-refractivity contribution in [2.75, 3.05) is 36.5 Å². The Morgan fingerprint density at radius 3 is 2.81 bits per heavy atom. The van der Waals surface area contributed by atoms with Crippen LogP contribution in [0.2, 0.25) is 0 Å². The van der Waals surface area contributed by atoms with E-state index in [-0.39, 0.29) is 34.5 Å². The lowest BCUT2D eigenvalue weighted by Crippen LogP contribution is -2.52. The third-order valence-corrected chi connectivity index (χ3v) is 8.67. The molecule has 4 aromatic heterocycles. The van der Waals surface area contributed by atoms with Crippen LogP contribution in [0, 0.1) is 0 Å². The summed E-state index contributed by atoms with van der Waals surface area (Å²) in [5.74, 6) is -0.0198. The molecule has 0 bridgehead atoms. The number of aromatic nitrogens is 7. The lowest BCUT2D eigenvalue weighted by atomic mass is 10.1. The Morgan fingerprint density at radius 2 is 2.02 bits per heavy atom. The first-order valence-electron chi connectivity index (χ1n) is 13.6. The second-order valence-electron chi connectivity index (χ2n) is 10.7. The van der Waals surface area contributed by atoms with Gasteiger partial charge in [-0.1, -0.05) is 0 Å². The van der Waals surface area contributed by atoms with Crippen molar-refractivity contribution in [3.05, 3.63) is 47.9 Å². The van der Waals surface area contributed by atoms with Gasteiger partial charge in [-0.2, -0.15) is 13.2 Å². The number of cyclic esters (lactones) is 1. The van der Waals surface area contributed by atoms with Gasteiger partial charge < -0.3 is 19.5 Å². The van der Waals surface area contributed by atoms with E-state index in [1.54, 1.807) is 23.5 Å². The molecule has 1 aliphatic carbocycles. The lowest BCUT2D eigenvalue weighted by Gasteiger charge is -2.37. The molecule has 2 atom stereocenters. The molecule has 224 valence electrons. The number of imidazole rings is 1. The predicted octanol–water partition coefficient (Wildman–Crippen LogP) is 3.88. The van der Waals surface area contributed by atoms with Crippen LogP contribution >= 0.6 is 11.3 Å². The number of carbonyl (C=O) groups is 2. The van der Waals surface area contributed by atoms with Gasteiger partial charge in [-0.25, -0.2) is 19.7 Å². The van der Waals surface area contributed by atoms with Gasteiger partial charge in [0.2, 0.25) is 0 Å². The molecule has 6 heterocycles. The van der Waals surface area contributed by atoms with Crippen LogP contribution in [0.25, 0.3) is 16.5 Å². The number of rotatable bonds is 7. The predicted molar refractivity (Wildman–Crippen MR) is 147 cm³/mol. The molecule has 0 aromatic carbocycles. The second kappa shape index (κ2) is 10.3. The maximum Gasteiger partial charge on any atom is 0.410 e. The number of ether oxygens (including phenoxy) is 1. The third-order valence-electron chi connectivity index (χ3n) is 7.83. The summed E-state index contributed by atoms with van der Waals surface area (Å²) in [5.41, 5.74) is 2.58. The molecule has 0 radical (unpaired) electrons. The summed E-state index contributed by atoms with van der Waals surface area (Å²) >= 11 is 1.03. The fourth-order valence-corrected chi connectivity index (χ4v) is 5.97. The van der Waals surface area contributed by atoms with Gasteiger partial charge in [-0.05, 0) is 25.8 Å². The van der Waals surface area contributed by atoms with Crippen LogP contribution in [0.3, 0.4) is 0 Å². The molecule has 1 unspecified atom stereocenters. The number of alkyl halides is 3. The van der Waals surface area contributed by atoms with Crippen molar-refractivity contribution in [3.63, 3.8) is 0 Å². The highest BCUT2D eigenvalue weighted by Gasteiger charge is 2.40. The SMILES string of the molecule is C[C@H](n1cnnc1-c1nc(NC(=O)c2cc(-n3cnc(C4CC4)c3)c(N3CCN4C(=O)OCC4C3)cn2)cs1)C(F)(F)F. The van der Waals surface area contributed by atoms with Gasteiger partial charge in [0, 0.05) is 37.1 Å². The highest BCUT2D eigenvalue weighted by molar-refractivity contribution is 7.13. The summed E-state index contributed by atoms with van der Waals surface area (Å²) in [7, 11) is 0. The van der Waals surface area contributed by atoms with Crippen molar-refractivity contribution >= 4 is 34.8 Å². The third kappa shape index (κ3) is 5.17. The minimum Gasteiger partial charge on any atom is -0.447 e.